The van der Waals surface area contributed by atoms with Crippen molar-refractivity contribution in [3.63, 3.8) is 0 Å². The molecule has 1 aromatic heterocycles. The van der Waals surface area contributed by atoms with Gasteiger partial charge in [-0.3, -0.25) is 9.78 Å². The lowest BCUT2D eigenvalue weighted by Crippen LogP contribution is -2.30. The minimum Gasteiger partial charge on any atom is -0.452 e. The number of hydrogen-bond donors (Lipinski definition) is 1. The maximum absolute atomic E-state index is 12.4. The van der Waals surface area contributed by atoms with Crippen molar-refractivity contribution in [1.82, 2.24) is 10.3 Å². The summed E-state index contributed by atoms with van der Waals surface area (Å²) in [6, 6.07) is 17.1. The first-order valence-corrected chi connectivity index (χ1v) is 8.89. The molecule has 0 aliphatic carbocycles. The number of nitrogens with one attached hydrogen (secondary N) is 1. The molecule has 0 fully saturated rings. The number of fused-ring (bicyclic) bond motifs is 1. The highest BCUT2D eigenvalue weighted by Gasteiger charge is 2.14. The predicted octanol–water partition coefficient (Wildman–Crippen LogP) is 3.37. The van der Waals surface area contributed by atoms with Crippen LogP contribution in [0.15, 0.2) is 54.6 Å². The number of benzene rings is 2. The van der Waals surface area contributed by atoms with Crippen molar-refractivity contribution >= 4 is 22.8 Å². The lowest BCUT2D eigenvalue weighted by Gasteiger charge is -2.10. The fourth-order valence-corrected chi connectivity index (χ4v) is 2.96. The van der Waals surface area contributed by atoms with Crippen molar-refractivity contribution in [3.8, 4) is 0 Å². The Hall–Kier alpha value is -3.21. The molecule has 0 atom stereocenters. The second-order valence-electron chi connectivity index (χ2n) is 6.43. The Labute approximate surface area is 158 Å². The quantitative estimate of drug-likeness (QED) is 0.683. The van der Waals surface area contributed by atoms with Crippen molar-refractivity contribution in [2.75, 3.05) is 13.2 Å². The number of aryl methyl sites for hydroxylation is 2. The predicted molar refractivity (Wildman–Crippen MR) is 105 cm³/mol. The number of ether oxygens (including phenoxy) is 1. The zero-order chi connectivity index (χ0) is 19.2. The Kier molecular flexibility index (Phi) is 5.81. The zero-order valence-electron chi connectivity index (χ0n) is 15.5. The van der Waals surface area contributed by atoms with Gasteiger partial charge >= 0.3 is 5.97 Å². The number of amides is 1. The number of carbonyl (C=O) groups excluding carboxylic acids is 2. The molecule has 0 spiro atoms. The van der Waals surface area contributed by atoms with Gasteiger partial charge in [-0.15, -0.1) is 0 Å². The molecule has 0 saturated heterocycles. The van der Waals surface area contributed by atoms with Crippen molar-refractivity contribution in [2.24, 2.45) is 0 Å². The van der Waals surface area contributed by atoms with E-state index in [0.29, 0.717) is 17.5 Å². The molecule has 3 aromatic rings. The van der Waals surface area contributed by atoms with E-state index in [1.165, 1.54) is 11.1 Å². The summed E-state index contributed by atoms with van der Waals surface area (Å²) in [5.41, 5.74) is 4.26. The molecule has 0 aliphatic heterocycles. The number of carbonyl (C=O) groups is 2. The van der Waals surface area contributed by atoms with Crippen LogP contribution in [0.1, 0.15) is 27.2 Å². The molecule has 0 saturated carbocycles. The van der Waals surface area contributed by atoms with E-state index in [9.17, 15) is 9.59 Å². The Balaban J connectivity index is 1.55. The molecule has 5 nitrogen and oxygen atoms in total. The third-order valence-corrected chi connectivity index (χ3v) is 4.38. The Morgan fingerprint density at radius 3 is 2.59 bits per heavy atom. The average molecular weight is 362 g/mol. The number of nitrogens with zero attached hydrogens (tertiary/aromatic N) is 1. The molecule has 0 bridgehead atoms. The van der Waals surface area contributed by atoms with Crippen LogP contribution in [0.3, 0.4) is 0 Å². The Bertz CT molecular complexity index is 982. The third-order valence-electron chi connectivity index (χ3n) is 4.38. The lowest BCUT2D eigenvalue weighted by molar-refractivity contribution is -0.124. The van der Waals surface area contributed by atoms with Gasteiger partial charge in [0.15, 0.2) is 6.61 Å². The van der Waals surface area contributed by atoms with Crippen LogP contribution in [-0.2, 0) is 16.0 Å². The largest absolute Gasteiger partial charge is 0.452 e. The van der Waals surface area contributed by atoms with Gasteiger partial charge in [0.05, 0.1) is 11.1 Å². The average Bonchev–Trinajstić information content (AvgIpc) is 2.67. The van der Waals surface area contributed by atoms with Gasteiger partial charge in [0.2, 0.25) is 0 Å². The van der Waals surface area contributed by atoms with Crippen LogP contribution in [0.4, 0.5) is 0 Å². The number of rotatable bonds is 6. The zero-order valence-corrected chi connectivity index (χ0v) is 15.5. The summed E-state index contributed by atoms with van der Waals surface area (Å²) in [6.07, 6.45) is 0.737. The number of para-hydroxylation sites is 1. The van der Waals surface area contributed by atoms with Crippen molar-refractivity contribution < 1.29 is 14.3 Å². The molecule has 0 unspecified atom stereocenters. The summed E-state index contributed by atoms with van der Waals surface area (Å²) in [4.78, 5) is 28.8. The van der Waals surface area contributed by atoms with Gasteiger partial charge in [-0.2, -0.15) is 0 Å². The molecular formula is C22H22N2O3. The van der Waals surface area contributed by atoms with E-state index in [1.54, 1.807) is 6.07 Å². The summed E-state index contributed by atoms with van der Waals surface area (Å²) in [6.45, 7) is 4.06. The molecule has 0 aliphatic rings. The van der Waals surface area contributed by atoms with Crippen molar-refractivity contribution in [3.05, 3.63) is 77.0 Å². The normalized spacial score (nSPS) is 10.6. The highest BCUT2D eigenvalue weighted by molar-refractivity contribution is 6.04. The molecule has 1 amide bonds. The summed E-state index contributed by atoms with van der Waals surface area (Å²) in [5, 5.41) is 3.50. The second-order valence-corrected chi connectivity index (χ2v) is 6.43. The molecule has 27 heavy (non-hydrogen) atoms. The fourth-order valence-electron chi connectivity index (χ4n) is 2.96. The fraction of sp³-hybridized carbons (Fsp3) is 0.227. The maximum atomic E-state index is 12.4. The summed E-state index contributed by atoms with van der Waals surface area (Å²) < 4.78 is 5.20. The van der Waals surface area contributed by atoms with Crippen LogP contribution in [0.5, 0.6) is 0 Å². The first kappa shape index (κ1) is 18.6. The number of aromatic nitrogens is 1. The second kappa shape index (κ2) is 8.45. The standard InChI is InChI=1S/C22H22N2O3/c1-15-7-3-4-8-17(15)11-12-23-21(25)14-27-22(26)19-13-16(2)24-20-10-6-5-9-18(19)20/h3-10,13H,11-12,14H2,1-2H3,(H,23,25). The van der Waals surface area contributed by atoms with Crippen LogP contribution in [0.25, 0.3) is 10.9 Å². The smallest absolute Gasteiger partial charge is 0.339 e. The maximum Gasteiger partial charge on any atom is 0.339 e. The summed E-state index contributed by atoms with van der Waals surface area (Å²) in [5.74, 6) is -0.835. The summed E-state index contributed by atoms with van der Waals surface area (Å²) in [7, 11) is 0. The van der Waals surface area contributed by atoms with Crippen LogP contribution < -0.4 is 5.32 Å². The van der Waals surface area contributed by atoms with Crippen LogP contribution in [0, 0.1) is 13.8 Å². The van der Waals surface area contributed by atoms with Gasteiger partial charge < -0.3 is 10.1 Å². The SMILES string of the molecule is Cc1cc(C(=O)OCC(=O)NCCc2ccccc2C)c2ccccc2n1. The minimum absolute atomic E-state index is 0.303. The van der Waals surface area contributed by atoms with Gasteiger partial charge in [-0.25, -0.2) is 4.79 Å². The van der Waals surface area contributed by atoms with E-state index in [-0.39, 0.29) is 12.5 Å². The summed E-state index contributed by atoms with van der Waals surface area (Å²) >= 11 is 0. The highest BCUT2D eigenvalue weighted by atomic mass is 16.5. The Morgan fingerprint density at radius 1 is 1.04 bits per heavy atom. The van der Waals surface area contributed by atoms with E-state index in [0.717, 1.165) is 17.6 Å². The van der Waals surface area contributed by atoms with Crippen molar-refractivity contribution in [2.45, 2.75) is 20.3 Å². The number of pyridine rings is 1. The molecule has 1 heterocycles. The van der Waals surface area contributed by atoms with Crippen LogP contribution in [0.2, 0.25) is 0 Å². The van der Waals surface area contributed by atoms with Crippen molar-refractivity contribution in [1.29, 1.82) is 0 Å². The molecule has 2 aromatic carbocycles. The highest BCUT2D eigenvalue weighted by Crippen LogP contribution is 2.19. The van der Waals surface area contributed by atoms with Gasteiger partial charge in [-0.05, 0) is 43.5 Å². The molecule has 1 N–H and O–H groups in total. The van der Waals surface area contributed by atoms with Crippen LogP contribution >= 0.6 is 0 Å². The topological polar surface area (TPSA) is 68.3 Å². The van der Waals surface area contributed by atoms with Gasteiger partial charge in [0.25, 0.3) is 5.91 Å². The van der Waals surface area contributed by atoms with E-state index < -0.39 is 5.97 Å². The third kappa shape index (κ3) is 4.70. The lowest BCUT2D eigenvalue weighted by atomic mass is 10.1. The molecular weight excluding hydrogens is 340 g/mol. The van der Waals surface area contributed by atoms with E-state index >= 15 is 0 Å². The van der Waals surface area contributed by atoms with Crippen LogP contribution in [-0.4, -0.2) is 30.0 Å². The van der Waals surface area contributed by atoms with E-state index in [2.05, 4.69) is 10.3 Å². The van der Waals surface area contributed by atoms with E-state index in [4.69, 9.17) is 4.74 Å². The van der Waals surface area contributed by atoms with E-state index in [1.807, 2.05) is 62.4 Å². The van der Waals surface area contributed by atoms with Gasteiger partial charge in [0, 0.05) is 17.6 Å². The molecule has 138 valence electrons. The first-order chi connectivity index (χ1) is 13.0. The molecule has 0 radical (unpaired) electrons. The monoisotopic (exact) mass is 362 g/mol. The van der Waals surface area contributed by atoms with Gasteiger partial charge in [0.1, 0.15) is 0 Å². The minimum atomic E-state index is -0.522. The number of hydrogen-bond acceptors (Lipinski definition) is 4. The van der Waals surface area contributed by atoms with Gasteiger partial charge in [-0.1, -0.05) is 42.5 Å². The first-order valence-electron chi connectivity index (χ1n) is 8.89. The number of esters is 1. The Morgan fingerprint density at radius 2 is 1.78 bits per heavy atom. The molecule has 5 heteroatoms. The molecule has 3 rings (SSSR count).